The van der Waals surface area contributed by atoms with E-state index in [9.17, 15) is 12.8 Å². The summed E-state index contributed by atoms with van der Waals surface area (Å²) in [5, 5.41) is 0. The van der Waals surface area contributed by atoms with Gasteiger partial charge in [-0.25, -0.2) is 17.5 Å². The molecule has 2 atom stereocenters. The molecule has 1 aliphatic heterocycles. The van der Waals surface area contributed by atoms with Crippen molar-refractivity contribution in [3.05, 3.63) is 23.5 Å². The normalized spacial score (nSPS) is 23.1. The third-order valence-corrected chi connectivity index (χ3v) is 5.22. The summed E-state index contributed by atoms with van der Waals surface area (Å²) in [4.78, 5) is 0.0166. The third-order valence-electron chi connectivity index (χ3n) is 3.65. The highest BCUT2D eigenvalue weighted by atomic mass is 32.2. The Hall–Kier alpha value is -1.18. The van der Waals surface area contributed by atoms with Gasteiger partial charge in [0.05, 0.1) is 16.7 Å². The minimum atomic E-state index is -3.69. The summed E-state index contributed by atoms with van der Waals surface area (Å²) in [6, 6.07) is 2.28. The molecule has 0 bridgehead atoms. The van der Waals surface area contributed by atoms with Crippen molar-refractivity contribution in [2.45, 2.75) is 31.3 Å². The van der Waals surface area contributed by atoms with Gasteiger partial charge < -0.3 is 10.5 Å². The van der Waals surface area contributed by atoms with Crippen LogP contribution in [-0.4, -0.2) is 27.7 Å². The number of aryl methyl sites for hydroxylation is 1. The fourth-order valence-electron chi connectivity index (χ4n) is 2.30. The lowest BCUT2D eigenvalue weighted by Crippen LogP contribution is -2.32. The van der Waals surface area contributed by atoms with Crippen molar-refractivity contribution in [1.82, 2.24) is 4.72 Å². The van der Waals surface area contributed by atoms with Crippen molar-refractivity contribution in [3.8, 4) is 0 Å². The summed E-state index contributed by atoms with van der Waals surface area (Å²) in [5.74, 6) is -0.456. The maximum atomic E-state index is 13.3. The van der Waals surface area contributed by atoms with Crippen molar-refractivity contribution < 1.29 is 17.5 Å². The first-order valence-electron chi connectivity index (χ1n) is 6.48. The van der Waals surface area contributed by atoms with E-state index in [1.54, 1.807) is 6.92 Å². The number of nitrogens with one attached hydrogen (secondary N) is 1. The number of ether oxygens (including phenoxy) is 1. The molecule has 0 radical (unpaired) electrons. The Kier molecular flexibility index (Phi) is 4.31. The SMILES string of the molecule is Cc1cc(F)c(N)cc1S(=O)(=O)NCC1CCOC1C. The molecule has 0 amide bonds. The Bertz CT molecular complexity index is 604. The van der Waals surface area contributed by atoms with Gasteiger partial charge in [-0.3, -0.25) is 0 Å². The number of rotatable bonds is 4. The Morgan fingerprint density at radius 3 is 2.80 bits per heavy atom. The number of nitrogens with two attached hydrogens (primary N) is 1. The minimum absolute atomic E-state index is 0.0166. The van der Waals surface area contributed by atoms with E-state index >= 15 is 0 Å². The highest BCUT2D eigenvalue weighted by molar-refractivity contribution is 7.89. The van der Waals surface area contributed by atoms with E-state index in [0.29, 0.717) is 18.7 Å². The van der Waals surface area contributed by atoms with Crippen LogP contribution in [0.5, 0.6) is 0 Å². The minimum Gasteiger partial charge on any atom is -0.396 e. The first kappa shape index (κ1) is 15.2. The molecule has 1 aliphatic rings. The Morgan fingerprint density at radius 1 is 1.50 bits per heavy atom. The summed E-state index contributed by atoms with van der Waals surface area (Å²) >= 11 is 0. The molecule has 2 rings (SSSR count). The molecule has 112 valence electrons. The second-order valence-electron chi connectivity index (χ2n) is 5.12. The number of hydrogen-bond acceptors (Lipinski definition) is 4. The first-order valence-corrected chi connectivity index (χ1v) is 7.96. The van der Waals surface area contributed by atoms with Crippen molar-refractivity contribution in [2.75, 3.05) is 18.9 Å². The number of nitrogen functional groups attached to an aromatic ring is 1. The second-order valence-corrected chi connectivity index (χ2v) is 6.85. The number of benzene rings is 1. The fourth-order valence-corrected chi connectivity index (χ4v) is 3.65. The van der Waals surface area contributed by atoms with Crippen LogP contribution in [0.15, 0.2) is 17.0 Å². The van der Waals surface area contributed by atoms with Crippen LogP contribution >= 0.6 is 0 Å². The Balaban J connectivity index is 2.16. The summed E-state index contributed by atoms with van der Waals surface area (Å²) in [6.45, 7) is 4.42. The number of halogens is 1. The van der Waals surface area contributed by atoms with E-state index in [1.807, 2.05) is 6.92 Å². The molecular weight excluding hydrogens is 283 g/mol. The standard InChI is InChI=1S/C13H19FN2O3S/c1-8-5-11(14)12(15)6-13(8)20(17,18)16-7-10-3-4-19-9(10)2/h5-6,9-10,16H,3-4,7,15H2,1-2H3. The van der Waals surface area contributed by atoms with Crippen LogP contribution in [0.1, 0.15) is 18.9 Å². The van der Waals surface area contributed by atoms with Crippen LogP contribution in [0.2, 0.25) is 0 Å². The predicted octanol–water partition coefficient (Wildman–Crippen LogP) is 1.42. The second kappa shape index (κ2) is 5.67. The molecule has 7 heteroatoms. The van der Waals surface area contributed by atoms with E-state index in [2.05, 4.69) is 4.72 Å². The van der Waals surface area contributed by atoms with Crippen LogP contribution in [0.3, 0.4) is 0 Å². The van der Waals surface area contributed by atoms with Crippen molar-refractivity contribution in [3.63, 3.8) is 0 Å². The molecular formula is C13H19FN2O3S. The summed E-state index contributed by atoms with van der Waals surface area (Å²) < 4.78 is 45.7. The highest BCUT2D eigenvalue weighted by Crippen LogP contribution is 2.23. The van der Waals surface area contributed by atoms with Gasteiger partial charge in [0.15, 0.2) is 0 Å². The van der Waals surface area contributed by atoms with Gasteiger partial charge in [0.2, 0.25) is 10.0 Å². The number of hydrogen-bond donors (Lipinski definition) is 2. The van der Waals surface area contributed by atoms with Crippen LogP contribution in [0.25, 0.3) is 0 Å². The van der Waals surface area contributed by atoms with Gasteiger partial charge in [0.25, 0.3) is 0 Å². The van der Waals surface area contributed by atoms with Crippen LogP contribution in [-0.2, 0) is 14.8 Å². The average molecular weight is 302 g/mol. The van der Waals surface area contributed by atoms with Crippen LogP contribution in [0.4, 0.5) is 10.1 Å². The molecule has 1 heterocycles. The van der Waals surface area contributed by atoms with Gasteiger partial charge in [-0.1, -0.05) is 0 Å². The molecule has 2 unspecified atom stereocenters. The van der Waals surface area contributed by atoms with E-state index in [1.165, 1.54) is 0 Å². The monoisotopic (exact) mass is 302 g/mol. The van der Waals surface area contributed by atoms with E-state index in [-0.39, 0.29) is 22.6 Å². The van der Waals surface area contributed by atoms with Crippen LogP contribution < -0.4 is 10.5 Å². The van der Waals surface area contributed by atoms with Gasteiger partial charge in [0.1, 0.15) is 5.82 Å². The lowest BCUT2D eigenvalue weighted by Gasteiger charge is -2.16. The molecule has 1 aromatic carbocycles. The highest BCUT2D eigenvalue weighted by Gasteiger charge is 2.27. The van der Waals surface area contributed by atoms with Gasteiger partial charge in [-0.2, -0.15) is 0 Å². The zero-order valence-electron chi connectivity index (χ0n) is 11.5. The maximum Gasteiger partial charge on any atom is 0.240 e. The largest absolute Gasteiger partial charge is 0.396 e. The lowest BCUT2D eigenvalue weighted by molar-refractivity contribution is 0.107. The van der Waals surface area contributed by atoms with Crippen molar-refractivity contribution in [1.29, 1.82) is 0 Å². The Labute approximate surface area is 118 Å². The van der Waals surface area contributed by atoms with Crippen LogP contribution in [0, 0.1) is 18.7 Å². The number of anilines is 1. The fraction of sp³-hybridized carbons (Fsp3) is 0.538. The average Bonchev–Trinajstić information content (AvgIpc) is 2.77. The lowest BCUT2D eigenvalue weighted by atomic mass is 10.0. The quantitative estimate of drug-likeness (QED) is 0.824. The Morgan fingerprint density at radius 2 is 2.20 bits per heavy atom. The zero-order valence-corrected chi connectivity index (χ0v) is 12.3. The molecule has 0 aromatic heterocycles. The zero-order chi connectivity index (χ0) is 14.9. The van der Waals surface area contributed by atoms with Crippen molar-refractivity contribution >= 4 is 15.7 Å². The van der Waals surface area contributed by atoms with Gasteiger partial charge in [0, 0.05) is 19.1 Å². The summed E-state index contributed by atoms with van der Waals surface area (Å²) in [5.41, 5.74) is 5.60. The van der Waals surface area contributed by atoms with Gasteiger partial charge >= 0.3 is 0 Å². The molecule has 1 fully saturated rings. The summed E-state index contributed by atoms with van der Waals surface area (Å²) in [6.07, 6.45) is 0.867. The van der Waals surface area contributed by atoms with Gasteiger partial charge in [-0.15, -0.1) is 0 Å². The molecule has 1 saturated heterocycles. The molecule has 0 saturated carbocycles. The molecule has 20 heavy (non-hydrogen) atoms. The number of sulfonamides is 1. The molecule has 0 aliphatic carbocycles. The smallest absolute Gasteiger partial charge is 0.240 e. The topological polar surface area (TPSA) is 81.4 Å². The first-order chi connectivity index (χ1) is 9.31. The van der Waals surface area contributed by atoms with Gasteiger partial charge in [-0.05, 0) is 38.0 Å². The molecule has 1 aromatic rings. The molecule has 5 nitrogen and oxygen atoms in total. The third kappa shape index (κ3) is 3.11. The maximum absolute atomic E-state index is 13.3. The van der Waals surface area contributed by atoms with E-state index in [0.717, 1.165) is 18.6 Å². The van der Waals surface area contributed by atoms with E-state index < -0.39 is 15.8 Å². The predicted molar refractivity (Wildman–Crippen MR) is 74.3 cm³/mol. The molecule has 0 spiro atoms. The molecule has 3 N–H and O–H groups in total. The summed E-state index contributed by atoms with van der Waals surface area (Å²) in [7, 11) is -3.69. The van der Waals surface area contributed by atoms with Crippen molar-refractivity contribution in [2.24, 2.45) is 5.92 Å². The van der Waals surface area contributed by atoms with E-state index in [4.69, 9.17) is 10.5 Å².